The number of pyridine rings is 1. The SMILES string of the molecule is ON=C(c1cccnc1)c1ccc(O)cc1O. The molecule has 3 N–H and O–H groups in total. The Morgan fingerprint density at radius 2 is 2.00 bits per heavy atom. The van der Waals surface area contributed by atoms with Crippen LogP contribution in [0.4, 0.5) is 0 Å². The van der Waals surface area contributed by atoms with Crippen LogP contribution in [-0.2, 0) is 0 Å². The third-order valence-corrected chi connectivity index (χ3v) is 2.27. The van der Waals surface area contributed by atoms with Crippen molar-refractivity contribution in [2.45, 2.75) is 0 Å². The van der Waals surface area contributed by atoms with Gasteiger partial charge in [0.15, 0.2) is 0 Å². The molecule has 2 rings (SSSR count). The number of aromatic hydroxyl groups is 2. The average molecular weight is 230 g/mol. The van der Waals surface area contributed by atoms with Gasteiger partial charge in [0, 0.05) is 29.6 Å². The Hall–Kier alpha value is -2.56. The highest BCUT2D eigenvalue weighted by molar-refractivity contribution is 6.14. The molecule has 0 bridgehead atoms. The molecule has 0 radical (unpaired) electrons. The van der Waals surface area contributed by atoms with E-state index in [1.807, 2.05) is 0 Å². The van der Waals surface area contributed by atoms with Crippen molar-refractivity contribution in [2.24, 2.45) is 5.16 Å². The monoisotopic (exact) mass is 230 g/mol. The quantitative estimate of drug-likeness (QED) is 0.416. The van der Waals surface area contributed by atoms with Crippen LogP contribution in [0.5, 0.6) is 11.5 Å². The summed E-state index contributed by atoms with van der Waals surface area (Å²) in [4.78, 5) is 3.90. The Morgan fingerprint density at radius 1 is 1.18 bits per heavy atom. The average Bonchev–Trinajstić information content (AvgIpc) is 2.34. The molecule has 0 fully saturated rings. The van der Waals surface area contributed by atoms with Gasteiger partial charge < -0.3 is 15.4 Å². The van der Waals surface area contributed by atoms with Gasteiger partial charge in [-0.25, -0.2) is 0 Å². The van der Waals surface area contributed by atoms with E-state index in [1.165, 1.54) is 24.4 Å². The van der Waals surface area contributed by atoms with Crippen molar-refractivity contribution >= 4 is 5.71 Å². The van der Waals surface area contributed by atoms with E-state index in [9.17, 15) is 10.2 Å². The van der Waals surface area contributed by atoms with Crippen LogP contribution in [0, 0.1) is 0 Å². The second kappa shape index (κ2) is 4.52. The lowest BCUT2D eigenvalue weighted by molar-refractivity contribution is 0.319. The minimum absolute atomic E-state index is 0.0604. The van der Waals surface area contributed by atoms with Crippen molar-refractivity contribution in [1.82, 2.24) is 4.98 Å². The number of nitrogens with zero attached hydrogens (tertiary/aromatic N) is 2. The first kappa shape index (κ1) is 10.9. The molecule has 0 atom stereocenters. The normalized spacial score (nSPS) is 11.4. The smallest absolute Gasteiger partial charge is 0.128 e. The molecule has 0 amide bonds. The minimum Gasteiger partial charge on any atom is -0.508 e. The Bertz CT molecular complexity index is 553. The molecule has 0 spiro atoms. The first-order valence-electron chi connectivity index (χ1n) is 4.87. The van der Waals surface area contributed by atoms with Crippen molar-refractivity contribution in [2.75, 3.05) is 0 Å². The Kier molecular flexibility index (Phi) is 2.91. The predicted octanol–water partition coefficient (Wildman–Crippen LogP) is 1.72. The fourth-order valence-electron chi connectivity index (χ4n) is 1.49. The van der Waals surface area contributed by atoms with Gasteiger partial charge in [0.25, 0.3) is 0 Å². The summed E-state index contributed by atoms with van der Waals surface area (Å²) in [5.74, 6) is -0.226. The lowest BCUT2D eigenvalue weighted by Gasteiger charge is -2.06. The van der Waals surface area contributed by atoms with Gasteiger partial charge >= 0.3 is 0 Å². The van der Waals surface area contributed by atoms with E-state index in [0.717, 1.165) is 0 Å². The van der Waals surface area contributed by atoms with Gasteiger partial charge in [0.05, 0.1) is 0 Å². The Balaban J connectivity index is 2.51. The molecule has 0 saturated heterocycles. The maximum absolute atomic E-state index is 9.68. The summed E-state index contributed by atoms with van der Waals surface area (Å²) >= 11 is 0. The van der Waals surface area contributed by atoms with Gasteiger partial charge in [-0.1, -0.05) is 5.16 Å². The third-order valence-electron chi connectivity index (χ3n) is 2.27. The maximum Gasteiger partial charge on any atom is 0.128 e. The zero-order valence-corrected chi connectivity index (χ0v) is 8.78. The number of aromatic nitrogens is 1. The van der Waals surface area contributed by atoms with Crippen molar-refractivity contribution in [3.05, 3.63) is 53.9 Å². The van der Waals surface area contributed by atoms with Gasteiger partial charge in [-0.3, -0.25) is 4.98 Å². The number of hydrogen-bond acceptors (Lipinski definition) is 5. The summed E-state index contributed by atoms with van der Waals surface area (Å²) in [5.41, 5.74) is 1.07. The molecule has 0 unspecified atom stereocenters. The molecule has 5 heteroatoms. The van der Waals surface area contributed by atoms with Gasteiger partial charge in [0.1, 0.15) is 17.2 Å². The van der Waals surface area contributed by atoms with Crippen LogP contribution in [-0.4, -0.2) is 26.1 Å². The van der Waals surface area contributed by atoms with Crippen LogP contribution in [0.2, 0.25) is 0 Å². The summed E-state index contributed by atoms with van der Waals surface area (Å²) in [6.45, 7) is 0. The molecule has 1 heterocycles. The summed E-state index contributed by atoms with van der Waals surface area (Å²) in [5, 5.41) is 31.0. The lowest BCUT2D eigenvalue weighted by Crippen LogP contribution is -2.03. The van der Waals surface area contributed by atoms with Gasteiger partial charge in [-0.05, 0) is 24.3 Å². The van der Waals surface area contributed by atoms with E-state index in [-0.39, 0.29) is 17.2 Å². The third kappa shape index (κ3) is 2.17. The van der Waals surface area contributed by atoms with E-state index in [2.05, 4.69) is 10.1 Å². The second-order valence-electron chi connectivity index (χ2n) is 3.39. The van der Waals surface area contributed by atoms with E-state index >= 15 is 0 Å². The number of hydrogen-bond donors (Lipinski definition) is 3. The summed E-state index contributed by atoms with van der Waals surface area (Å²) < 4.78 is 0. The zero-order chi connectivity index (χ0) is 12.3. The fraction of sp³-hybridized carbons (Fsp3) is 0. The minimum atomic E-state index is -0.165. The molecule has 0 aliphatic rings. The Labute approximate surface area is 97.3 Å². The summed E-state index contributed by atoms with van der Waals surface area (Å²) in [7, 11) is 0. The topological polar surface area (TPSA) is 85.9 Å². The van der Waals surface area contributed by atoms with Gasteiger partial charge in [0.2, 0.25) is 0 Å². The van der Waals surface area contributed by atoms with Crippen LogP contribution in [0.1, 0.15) is 11.1 Å². The van der Waals surface area contributed by atoms with E-state index in [4.69, 9.17) is 5.21 Å². The number of benzene rings is 1. The van der Waals surface area contributed by atoms with Crippen LogP contribution in [0.3, 0.4) is 0 Å². The van der Waals surface area contributed by atoms with Crippen LogP contribution >= 0.6 is 0 Å². The van der Waals surface area contributed by atoms with Gasteiger partial charge in [-0.2, -0.15) is 0 Å². The highest BCUT2D eigenvalue weighted by atomic mass is 16.4. The fourth-order valence-corrected chi connectivity index (χ4v) is 1.49. The van der Waals surface area contributed by atoms with Crippen LogP contribution < -0.4 is 0 Å². The predicted molar refractivity (Wildman–Crippen MR) is 61.4 cm³/mol. The number of phenols is 2. The van der Waals surface area contributed by atoms with Crippen molar-refractivity contribution in [1.29, 1.82) is 0 Å². The summed E-state index contributed by atoms with van der Waals surface area (Å²) in [6, 6.07) is 7.44. The summed E-state index contributed by atoms with van der Waals surface area (Å²) in [6.07, 6.45) is 3.11. The van der Waals surface area contributed by atoms with Crippen LogP contribution in [0.15, 0.2) is 47.9 Å². The second-order valence-corrected chi connectivity index (χ2v) is 3.39. The highest BCUT2D eigenvalue weighted by Crippen LogP contribution is 2.25. The molecular weight excluding hydrogens is 220 g/mol. The van der Waals surface area contributed by atoms with Crippen molar-refractivity contribution in [3.8, 4) is 11.5 Å². The number of rotatable bonds is 2. The largest absolute Gasteiger partial charge is 0.508 e. The molecule has 86 valence electrons. The zero-order valence-electron chi connectivity index (χ0n) is 8.78. The Morgan fingerprint density at radius 3 is 2.59 bits per heavy atom. The molecule has 1 aromatic carbocycles. The number of phenolic OH excluding ortho intramolecular Hbond substituents is 2. The lowest BCUT2D eigenvalue weighted by atomic mass is 10.0. The van der Waals surface area contributed by atoms with E-state index < -0.39 is 0 Å². The molecule has 5 nitrogen and oxygen atoms in total. The molecule has 0 aliphatic carbocycles. The van der Waals surface area contributed by atoms with E-state index in [1.54, 1.807) is 18.3 Å². The maximum atomic E-state index is 9.68. The standard InChI is InChI=1S/C12H10N2O3/c15-9-3-4-10(11(16)6-9)12(14-17)8-2-1-5-13-7-8/h1-7,15-17H. The molecular formula is C12H10N2O3. The van der Waals surface area contributed by atoms with Crippen molar-refractivity contribution < 1.29 is 15.4 Å². The van der Waals surface area contributed by atoms with Crippen molar-refractivity contribution in [3.63, 3.8) is 0 Å². The molecule has 1 aromatic heterocycles. The molecule has 0 aliphatic heterocycles. The van der Waals surface area contributed by atoms with E-state index in [0.29, 0.717) is 11.1 Å². The first-order chi connectivity index (χ1) is 8.22. The molecule has 0 saturated carbocycles. The van der Waals surface area contributed by atoms with Gasteiger partial charge in [-0.15, -0.1) is 0 Å². The van der Waals surface area contributed by atoms with Crippen LogP contribution in [0.25, 0.3) is 0 Å². The first-order valence-corrected chi connectivity index (χ1v) is 4.87. The number of oxime groups is 1. The highest BCUT2D eigenvalue weighted by Gasteiger charge is 2.12. The molecule has 17 heavy (non-hydrogen) atoms. The molecule has 2 aromatic rings.